The number of nitrogens with one attached hydrogen (secondary N) is 2. The minimum absolute atomic E-state index is 0.317. The molecule has 0 aliphatic heterocycles. The highest BCUT2D eigenvalue weighted by molar-refractivity contribution is 7.89. The lowest BCUT2D eigenvalue weighted by atomic mass is 10.1. The average molecular weight is 323 g/mol. The van der Waals surface area contributed by atoms with E-state index in [0.29, 0.717) is 6.07 Å². The molecular formula is C12H16F3N3O2S. The Morgan fingerprint density at radius 3 is 2.33 bits per heavy atom. The van der Waals surface area contributed by atoms with E-state index in [-0.39, 0.29) is 5.92 Å². The summed E-state index contributed by atoms with van der Waals surface area (Å²) in [6, 6.07) is 2.40. The van der Waals surface area contributed by atoms with E-state index >= 15 is 0 Å². The van der Waals surface area contributed by atoms with Crippen molar-refractivity contribution >= 4 is 15.9 Å². The van der Waals surface area contributed by atoms with Crippen LogP contribution in [0.3, 0.4) is 0 Å². The van der Waals surface area contributed by atoms with Crippen molar-refractivity contribution in [2.45, 2.75) is 31.0 Å². The van der Waals surface area contributed by atoms with E-state index in [1.807, 2.05) is 0 Å². The van der Waals surface area contributed by atoms with Gasteiger partial charge in [-0.3, -0.25) is 5.41 Å². The summed E-state index contributed by atoms with van der Waals surface area (Å²) in [5.41, 5.74) is 4.24. The molecule has 0 aliphatic carbocycles. The predicted molar refractivity (Wildman–Crippen MR) is 72.3 cm³/mol. The Balaban J connectivity index is 3.17. The van der Waals surface area contributed by atoms with Gasteiger partial charge in [0.15, 0.2) is 0 Å². The molecule has 0 heterocycles. The monoisotopic (exact) mass is 323 g/mol. The molecule has 0 spiro atoms. The maximum atomic E-state index is 12.6. The third kappa shape index (κ3) is 4.43. The molecule has 0 bridgehead atoms. The van der Waals surface area contributed by atoms with Crippen LogP contribution in [0.25, 0.3) is 0 Å². The summed E-state index contributed by atoms with van der Waals surface area (Å²) in [6.07, 6.45) is -4.64. The molecule has 1 aromatic rings. The lowest BCUT2D eigenvalue weighted by Gasteiger charge is -2.21. The highest BCUT2D eigenvalue weighted by Gasteiger charge is 2.32. The van der Waals surface area contributed by atoms with E-state index in [0.717, 1.165) is 18.2 Å². The van der Waals surface area contributed by atoms with Crippen molar-refractivity contribution in [1.29, 1.82) is 5.41 Å². The topological polar surface area (TPSA) is 96.0 Å². The van der Waals surface area contributed by atoms with Crippen LogP contribution in [0.15, 0.2) is 29.2 Å². The minimum atomic E-state index is -4.64. The van der Waals surface area contributed by atoms with Crippen LogP contribution in [0.4, 0.5) is 13.2 Å². The molecule has 0 radical (unpaired) electrons. The molecule has 4 N–H and O–H groups in total. The average Bonchev–Trinajstić information content (AvgIpc) is 2.34. The first-order chi connectivity index (χ1) is 9.45. The van der Waals surface area contributed by atoms with E-state index in [2.05, 4.69) is 4.72 Å². The number of sulfonamides is 1. The van der Waals surface area contributed by atoms with Crippen LogP contribution >= 0.6 is 0 Å². The van der Waals surface area contributed by atoms with Gasteiger partial charge in [-0.05, 0) is 24.1 Å². The molecule has 0 saturated carbocycles. The molecule has 5 nitrogen and oxygen atoms in total. The normalized spacial score (nSPS) is 14.2. The third-order valence-corrected chi connectivity index (χ3v) is 4.19. The molecule has 0 fully saturated rings. The van der Waals surface area contributed by atoms with Gasteiger partial charge in [0.25, 0.3) is 0 Å². The number of rotatable bonds is 5. The molecule has 1 unspecified atom stereocenters. The van der Waals surface area contributed by atoms with Crippen LogP contribution < -0.4 is 10.5 Å². The lowest BCUT2D eigenvalue weighted by molar-refractivity contribution is -0.137. The Hall–Kier alpha value is -1.61. The summed E-state index contributed by atoms with van der Waals surface area (Å²) in [7, 11) is -4.20. The zero-order valence-electron chi connectivity index (χ0n) is 11.4. The van der Waals surface area contributed by atoms with Crippen LogP contribution in [0, 0.1) is 11.3 Å². The summed E-state index contributed by atoms with van der Waals surface area (Å²) in [5, 5.41) is 7.34. The molecule has 1 rings (SSSR count). The molecule has 9 heteroatoms. The Labute approximate surface area is 120 Å². The van der Waals surface area contributed by atoms with Crippen LogP contribution in [0.5, 0.6) is 0 Å². The number of hydrogen-bond donors (Lipinski definition) is 3. The number of benzene rings is 1. The molecule has 0 aliphatic rings. The molecule has 1 atom stereocenters. The highest BCUT2D eigenvalue weighted by Crippen LogP contribution is 2.30. The Bertz CT molecular complexity index is 627. The first-order valence-corrected chi connectivity index (χ1v) is 7.47. The summed E-state index contributed by atoms with van der Waals surface area (Å²) in [5.74, 6) is -0.719. The number of amidine groups is 1. The standard InChI is InChI=1S/C12H16F3N3O2S/c1-7(2)10(11(16)17)18-21(19,20)9-5-3-4-8(6-9)12(13,14)15/h3-7,10,18H,1-2H3,(H3,16,17). The van der Waals surface area contributed by atoms with Gasteiger partial charge in [-0.25, -0.2) is 13.1 Å². The van der Waals surface area contributed by atoms with Gasteiger partial charge in [0, 0.05) is 0 Å². The fourth-order valence-electron chi connectivity index (χ4n) is 1.63. The second-order valence-corrected chi connectivity index (χ2v) is 6.54. The molecule has 1 aromatic carbocycles. The number of halogens is 3. The van der Waals surface area contributed by atoms with Crippen LogP contribution in [-0.4, -0.2) is 20.3 Å². The van der Waals surface area contributed by atoms with Gasteiger partial charge in [0.1, 0.15) is 5.84 Å². The van der Waals surface area contributed by atoms with Gasteiger partial charge in [-0.2, -0.15) is 13.2 Å². The summed E-state index contributed by atoms with van der Waals surface area (Å²) in [4.78, 5) is -0.524. The van der Waals surface area contributed by atoms with E-state index in [9.17, 15) is 21.6 Å². The maximum Gasteiger partial charge on any atom is 0.416 e. The maximum absolute atomic E-state index is 12.6. The number of nitrogens with two attached hydrogens (primary N) is 1. The summed E-state index contributed by atoms with van der Waals surface area (Å²) < 4.78 is 64.2. The van der Waals surface area contributed by atoms with Gasteiger partial charge >= 0.3 is 6.18 Å². The Kier molecular flexibility index (Phi) is 5.00. The molecule has 0 saturated heterocycles. The smallest absolute Gasteiger partial charge is 0.386 e. The van der Waals surface area contributed by atoms with Crippen molar-refractivity contribution in [3.8, 4) is 0 Å². The fourth-order valence-corrected chi connectivity index (χ4v) is 3.04. The zero-order chi connectivity index (χ0) is 16.4. The van der Waals surface area contributed by atoms with Crippen LogP contribution in [0.1, 0.15) is 19.4 Å². The van der Waals surface area contributed by atoms with Gasteiger partial charge in [-0.15, -0.1) is 0 Å². The quantitative estimate of drug-likeness (QED) is 0.571. The minimum Gasteiger partial charge on any atom is -0.386 e. The number of alkyl halides is 3. The molecule has 118 valence electrons. The second kappa shape index (κ2) is 6.02. The largest absolute Gasteiger partial charge is 0.416 e. The fraction of sp³-hybridized carbons (Fsp3) is 0.417. The van der Waals surface area contributed by atoms with Crippen molar-refractivity contribution in [3.63, 3.8) is 0 Å². The van der Waals surface area contributed by atoms with Crippen molar-refractivity contribution in [1.82, 2.24) is 4.72 Å². The highest BCUT2D eigenvalue weighted by atomic mass is 32.2. The van der Waals surface area contributed by atoms with Crippen molar-refractivity contribution in [3.05, 3.63) is 29.8 Å². The summed E-state index contributed by atoms with van der Waals surface area (Å²) >= 11 is 0. The first-order valence-electron chi connectivity index (χ1n) is 5.98. The van der Waals surface area contributed by atoms with Gasteiger partial charge in [-0.1, -0.05) is 19.9 Å². The van der Waals surface area contributed by atoms with Gasteiger partial charge in [0.05, 0.1) is 16.5 Å². The van der Waals surface area contributed by atoms with Crippen LogP contribution in [0.2, 0.25) is 0 Å². The first kappa shape index (κ1) is 17.4. The van der Waals surface area contributed by atoms with Gasteiger partial charge < -0.3 is 5.73 Å². The Morgan fingerprint density at radius 1 is 1.33 bits per heavy atom. The predicted octanol–water partition coefficient (Wildman–Crippen LogP) is 1.94. The van der Waals surface area contributed by atoms with Crippen molar-refractivity contribution in [2.24, 2.45) is 11.7 Å². The Morgan fingerprint density at radius 2 is 1.90 bits per heavy atom. The lowest BCUT2D eigenvalue weighted by Crippen LogP contribution is -2.47. The van der Waals surface area contributed by atoms with E-state index in [1.54, 1.807) is 13.8 Å². The zero-order valence-corrected chi connectivity index (χ0v) is 12.2. The summed E-state index contributed by atoms with van der Waals surface area (Å²) in [6.45, 7) is 3.28. The van der Waals surface area contributed by atoms with E-state index in [4.69, 9.17) is 11.1 Å². The van der Waals surface area contributed by atoms with Crippen molar-refractivity contribution in [2.75, 3.05) is 0 Å². The molecule has 0 amide bonds. The van der Waals surface area contributed by atoms with Crippen LogP contribution in [-0.2, 0) is 16.2 Å². The SMILES string of the molecule is CC(C)C(NS(=O)(=O)c1cccc(C(F)(F)F)c1)C(=N)N. The van der Waals surface area contributed by atoms with Gasteiger partial charge in [0.2, 0.25) is 10.0 Å². The van der Waals surface area contributed by atoms with E-state index in [1.165, 1.54) is 0 Å². The second-order valence-electron chi connectivity index (χ2n) is 4.82. The molecule has 21 heavy (non-hydrogen) atoms. The number of hydrogen-bond acceptors (Lipinski definition) is 3. The van der Waals surface area contributed by atoms with Crippen molar-refractivity contribution < 1.29 is 21.6 Å². The van der Waals surface area contributed by atoms with E-state index < -0.39 is 38.5 Å². The third-order valence-electron chi connectivity index (χ3n) is 2.76. The molecular weight excluding hydrogens is 307 g/mol. The molecule has 0 aromatic heterocycles.